The van der Waals surface area contributed by atoms with E-state index >= 15 is 0 Å². The molecule has 1 amide bonds. The highest BCUT2D eigenvalue weighted by Crippen LogP contribution is 2.42. The van der Waals surface area contributed by atoms with Gasteiger partial charge in [-0.2, -0.15) is 0 Å². The molecule has 4 heterocycles. The maximum absolute atomic E-state index is 13.2. The highest BCUT2D eigenvalue weighted by molar-refractivity contribution is 6.20. The molecule has 2 atom stereocenters. The SMILES string of the molecule is Cc1c2c(cn1Cc1ccc(-c3ccccn3)cc1)N1C(=N[C@@H]3CCC[C@@H]31)N(C)C2=O. The maximum atomic E-state index is 13.2. The summed E-state index contributed by atoms with van der Waals surface area (Å²) >= 11 is 0. The molecule has 0 bridgehead atoms. The zero-order valence-corrected chi connectivity index (χ0v) is 17.8. The van der Waals surface area contributed by atoms with Gasteiger partial charge in [0, 0.05) is 37.2 Å². The van der Waals surface area contributed by atoms with Gasteiger partial charge in [0.05, 0.1) is 29.0 Å². The van der Waals surface area contributed by atoms with Crippen molar-refractivity contribution in [1.82, 2.24) is 14.5 Å². The number of aliphatic imine (C=N–C) groups is 1. The van der Waals surface area contributed by atoms with Crippen LogP contribution in [-0.2, 0) is 6.54 Å². The van der Waals surface area contributed by atoms with Crippen LogP contribution >= 0.6 is 0 Å². The molecule has 6 nitrogen and oxygen atoms in total. The highest BCUT2D eigenvalue weighted by Gasteiger charge is 2.47. The summed E-state index contributed by atoms with van der Waals surface area (Å²) in [7, 11) is 1.85. The number of hydrogen-bond acceptors (Lipinski definition) is 4. The van der Waals surface area contributed by atoms with Crippen molar-refractivity contribution in [3.63, 3.8) is 0 Å². The fourth-order valence-corrected chi connectivity index (χ4v) is 5.28. The molecule has 6 rings (SSSR count). The summed E-state index contributed by atoms with van der Waals surface area (Å²) in [5.74, 6) is 0.871. The van der Waals surface area contributed by atoms with Crippen LogP contribution < -0.4 is 4.90 Å². The third-order valence-electron chi connectivity index (χ3n) is 6.94. The summed E-state index contributed by atoms with van der Waals surface area (Å²) in [5, 5.41) is 0. The molecule has 156 valence electrons. The van der Waals surface area contributed by atoms with Crippen molar-refractivity contribution in [3.8, 4) is 11.3 Å². The lowest BCUT2D eigenvalue weighted by molar-refractivity contribution is 0.0864. The standard InChI is InChI=1S/C25H25N5O/c1-16-23-22(30-21-8-5-7-20(21)27-25(30)28(2)24(23)31)15-29(16)14-17-9-11-18(12-10-17)19-6-3-4-13-26-19/h3-4,6,9-13,15,20-21H,5,7-8,14H2,1-2H3/t20-,21+/m1/s1. The second kappa shape index (κ2) is 6.80. The first-order chi connectivity index (χ1) is 15.1. The number of fused-ring (bicyclic) bond motifs is 5. The van der Waals surface area contributed by atoms with Gasteiger partial charge in [0.25, 0.3) is 5.91 Å². The van der Waals surface area contributed by atoms with E-state index in [4.69, 9.17) is 4.99 Å². The molecule has 0 spiro atoms. The van der Waals surface area contributed by atoms with Crippen molar-refractivity contribution in [3.05, 3.63) is 71.7 Å². The molecular weight excluding hydrogens is 386 g/mol. The van der Waals surface area contributed by atoms with Crippen molar-refractivity contribution < 1.29 is 4.79 Å². The largest absolute Gasteiger partial charge is 0.344 e. The van der Waals surface area contributed by atoms with Crippen molar-refractivity contribution in [2.24, 2.45) is 4.99 Å². The first-order valence-corrected chi connectivity index (χ1v) is 11.0. The fraction of sp³-hybridized carbons (Fsp3) is 0.320. The predicted octanol–water partition coefficient (Wildman–Crippen LogP) is 4.09. The number of anilines is 1. The van der Waals surface area contributed by atoms with Crippen molar-refractivity contribution in [2.75, 3.05) is 11.9 Å². The number of carbonyl (C=O) groups excluding carboxylic acids is 1. The summed E-state index contributed by atoms with van der Waals surface area (Å²) in [6.45, 7) is 2.78. The van der Waals surface area contributed by atoms with E-state index < -0.39 is 0 Å². The third kappa shape index (κ3) is 2.74. The summed E-state index contributed by atoms with van der Waals surface area (Å²) < 4.78 is 2.21. The Balaban J connectivity index is 1.34. The van der Waals surface area contributed by atoms with E-state index in [1.807, 2.05) is 31.4 Å². The van der Waals surface area contributed by atoms with Crippen molar-refractivity contribution >= 4 is 17.6 Å². The minimum Gasteiger partial charge on any atom is -0.344 e. The normalized spacial score (nSPS) is 21.7. The maximum Gasteiger partial charge on any atom is 0.264 e. The number of aromatic nitrogens is 2. The number of benzene rings is 1. The summed E-state index contributed by atoms with van der Waals surface area (Å²) in [4.78, 5) is 26.5. The van der Waals surface area contributed by atoms with Gasteiger partial charge >= 0.3 is 0 Å². The Morgan fingerprint density at radius 1 is 1.10 bits per heavy atom. The molecule has 1 fully saturated rings. The van der Waals surface area contributed by atoms with Gasteiger partial charge in [-0.1, -0.05) is 30.3 Å². The number of guanidine groups is 1. The number of amides is 1. The molecule has 31 heavy (non-hydrogen) atoms. The van der Waals surface area contributed by atoms with Crippen LogP contribution in [0.25, 0.3) is 11.3 Å². The smallest absolute Gasteiger partial charge is 0.264 e. The zero-order chi connectivity index (χ0) is 21.1. The predicted molar refractivity (Wildman–Crippen MR) is 121 cm³/mol. The number of rotatable bonds is 3. The molecule has 3 aliphatic rings. The lowest BCUT2D eigenvalue weighted by Crippen LogP contribution is -2.51. The Morgan fingerprint density at radius 2 is 1.94 bits per heavy atom. The Hall–Kier alpha value is -3.41. The van der Waals surface area contributed by atoms with E-state index in [-0.39, 0.29) is 5.91 Å². The minimum atomic E-state index is 0.0479. The summed E-state index contributed by atoms with van der Waals surface area (Å²) in [6, 6.07) is 15.2. The quantitative estimate of drug-likeness (QED) is 0.652. The monoisotopic (exact) mass is 411 g/mol. The van der Waals surface area contributed by atoms with Crippen LogP contribution in [0.2, 0.25) is 0 Å². The molecule has 0 unspecified atom stereocenters. The molecule has 0 radical (unpaired) electrons. The number of nitrogens with zero attached hydrogens (tertiary/aromatic N) is 5. The molecule has 1 aromatic carbocycles. The van der Waals surface area contributed by atoms with E-state index in [0.29, 0.717) is 12.1 Å². The number of hydrogen-bond donors (Lipinski definition) is 0. The number of carbonyl (C=O) groups is 1. The topological polar surface area (TPSA) is 53.7 Å². The zero-order valence-electron chi connectivity index (χ0n) is 17.8. The second-order valence-corrected chi connectivity index (χ2v) is 8.74. The van der Waals surface area contributed by atoms with Gasteiger partial charge in [0.15, 0.2) is 0 Å². The van der Waals surface area contributed by atoms with E-state index in [1.165, 1.54) is 12.0 Å². The Kier molecular flexibility index (Phi) is 4.03. The van der Waals surface area contributed by atoms with Crippen LogP contribution in [0.15, 0.2) is 59.9 Å². The lowest BCUT2D eigenvalue weighted by atomic mass is 10.1. The van der Waals surface area contributed by atoms with Gasteiger partial charge in [0.1, 0.15) is 0 Å². The van der Waals surface area contributed by atoms with Crippen LogP contribution in [0.1, 0.15) is 40.9 Å². The van der Waals surface area contributed by atoms with Crippen molar-refractivity contribution in [2.45, 2.75) is 44.8 Å². The van der Waals surface area contributed by atoms with E-state index in [1.54, 1.807) is 4.90 Å². The highest BCUT2D eigenvalue weighted by atomic mass is 16.2. The van der Waals surface area contributed by atoms with Crippen LogP contribution in [0, 0.1) is 6.92 Å². The first-order valence-electron chi connectivity index (χ1n) is 11.0. The fourth-order valence-electron chi connectivity index (χ4n) is 5.28. The molecule has 6 heteroatoms. The molecular formula is C25H25N5O. The molecule has 2 aliphatic heterocycles. The van der Waals surface area contributed by atoms with Crippen LogP contribution in [0.4, 0.5) is 5.69 Å². The third-order valence-corrected chi connectivity index (χ3v) is 6.94. The van der Waals surface area contributed by atoms with Gasteiger partial charge < -0.3 is 9.47 Å². The van der Waals surface area contributed by atoms with E-state index in [2.05, 4.69) is 51.8 Å². The van der Waals surface area contributed by atoms with E-state index in [0.717, 1.165) is 53.5 Å². The van der Waals surface area contributed by atoms with Gasteiger partial charge in [-0.25, -0.2) is 4.99 Å². The lowest BCUT2D eigenvalue weighted by Gasteiger charge is -2.35. The number of pyridine rings is 1. The molecule has 3 aromatic rings. The Labute approximate surface area is 181 Å². The van der Waals surface area contributed by atoms with Gasteiger partial charge in [0.2, 0.25) is 5.96 Å². The van der Waals surface area contributed by atoms with Gasteiger partial charge in [-0.15, -0.1) is 0 Å². The second-order valence-electron chi connectivity index (χ2n) is 8.74. The van der Waals surface area contributed by atoms with E-state index in [9.17, 15) is 4.79 Å². The van der Waals surface area contributed by atoms with Crippen LogP contribution in [-0.4, -0.2) is 45.4 Å². The van der Waals surface area contributed by atoms with Gasteiger partial charge in [-0.05, 0) is 43.9 Å². The van der Waals surface area contributed by atoms with Gasteiger partial charge in [-0.3, -0.25) is 14.7 Å². The molecule has 0 N–H and O–H groups in total. The first kappa shape index (κ1) is 18.4. The average molecular weight is 412 g/mol. The molecule has 1 aliphatic carbocycles. The summed E-state index contributed by atoms with van der Waals surface area (Å²) in [5.41, 5.74) is 6.14. The Bertz CT molecular complexity index is 1190. The molecule has 2 aromatic heterocycles. The molecule has 0 saturated heterocycles. The minimum absolute atomic E-state index is 0.0479. The average Bonchev–Trinajstić information content (AvgIpc) is 3.47. The van der Waals surface area contributed by atoms with Crippen LogP contribution in [0.3, 0.4) is 0 Å². The van der Waals surface area contributed by atoms with Crippen LogP contribution in [0.5, 0.6) is 0 Å². The van der Waals surface area contributed by atoms with Crippen molar-refractivity contribution in [1.29, 1.82) is 0 Å². The molecule has 1 saturated carbocycles. The Morgan fingerprint density at radius 3 is 2.71 bits per heavy atom. The summed E-state index contributed by atoms with van der Waals surface area (Å²) in [6.07, 6.45) is 7.43.